The van der Waals surface area contributed by atoms with Crippen LogP contribution in [0.4, 0.5) is 11.4 Å². The summed E-state index contributed by atoms with van der Waals surface area (Å²) in [6.07, 6.45) is 7.57. The quantitative estimate of drug-likeness (QED) is 0.262. The maximum Gasteiger partial charge on any atom is 0.124 e. The molecule has 33 heavy (non-hydrogen) atoms. The highest BCUT2D eigenvalue weighted by atomic mass is 16.3. The predicted octanol–water partition coefficient (Wildman–Crippen LogP) is 7.43. The second kappa shape index (κ2) is 7.93. The Kier molecular flexibility index (Phi) is 4.76. The van der Waals surface area contributed by atoms with Gasteiger partial charge in [0.05, 0.1) is 11.7 Å². The van der Waals surface area contributed by atoms with Crippen molar-refractivity contribution in [1.82, 2.24) is 0 Å². The number of rotatable bonds is 3. The highest BCUT2D eigenvalue weighted by Crippen LogP contribution is 2.50. The minimum Gasteiger partial charge on any atom is -0.507 e. The second-order valence-corrected chi connectivity index (χ2v) is 9.14. The van der Waals surface area contributed by atoms with Crippen molar-refractivity contribution in [3.05, 3.63) is 113 Å². The lowest BCUT2D eigenvalue weighted by molar-refractivity contribution is 0.425. The molecule has 0 bridgehead atoms. The Morgan fingerprint density at radius 1 is 0.970 bits per heavy atom. The molecule has 0 spiro atoms. The molecule has 162 valence electrons. The molecule has 2 N–H and O–H groups in total. The zero-order valence-electron chi connectivity index (χ0n) is 18.6. The van der Waals surface area contributed by atoms with Crippen molar-refractivity contribution < 1.29 is 5.11 Å². The molecular weight excluding hydrogens is 404 g/mol. The molecule has 0 radical (unpaired) electrons. The minimum atomic E-state index is 0.245. The summed E-state index contributed by atoms with van der Waals surface area (Å²) in [6, 6.07) is 27.2. The van der Waals surface area contributed by atoms with Gasteiger partial charge in [0.25, 0.3) is 0 Å². The van der Waals surface area contributed by atoms with E-state index in [0.29, 0.717) is 11.8 Å². The lowest BCUT2D eigenvalue weighted by Gasteiger charge is -2.37. The third-order valence-electron chi connectivity index (χ3n) is 7.06. The number of hydrogen-bond acceptors (Lipinski definition) is 3. The molecule has 2 aliphatic rings. The van der Waals surface area contributed by atoms with Gasteiger partial charge >= 0.3 is 0 Å². The first kappa shape index (κ1) is 19.8. The van der Waals surface area contributed by atoms with Crippen molar-refractivity contribution in [1.29, 1.82) is 0 Å². The standard InChI is InChI=1S/C30H26N2O/c1-19-9-15-28-26(17-19)24-7-4-8-25(24)30(32-28)21-10-13-22(14-11-21)31-18-27-23-6-3-2-5-20(23)12-16-29(27)33/h2-7,9-18,24-25,30,32-33H,8H2,1H3/t24-,25+,30+/m1/s1. The number of aromatic hydroxyl groups is 1. The van der Waals surface area contributed by atoms with Gasteiger partial charge in [0.15, 0.2) is 0 Å². The number of benzene rings is 4. The zero-order valence-corrected chi connectivity index (χ0v) is 18.6. The van der Waals surface area contributed by atoms with E-state index in [-0.39, 0.29) is 11.8 Å². The maximum atomic E-state index is 10.4. The van der Waals surface area contributed by atoms with Crippen molar-refractivity contribution in [2.75, 3.05) is 5.32 Å². The molecule has 4 aromatic carbocycles. The molecule has 3 atom stereocenters. The van der Waals surface area contributed by atoms with Crippen LogP contribution < -0.4 is 5.32 Å². The lowest BCUT2D eigenvalue weighted by atomic mass is 9.76. The van der Waals surface area contributed by atoms with Crippen molar-refractivity contribution in [3.8, 4) is 5.75 Å². The number of phenolic OH excluding ortho intramolecular Hbond substituents is 1. The van der Waals surface area contributed by atoms with Crippen LogP contribution in [0.2, 0.25) is 0 Å². The summed E-state index contributed by atoms with van der Waals surface area (Å²) in [7, 11) is 0. The fourth-order valence-electron chi connectivity index (χ4n) is 5.37. The molecule has 0 amide bonds. The lowest BCUT2D eigenvalue weighted by Crippen LogP contribution is -2.29. The van der Waals surface area contributed by atoms with E-state index >= 15 is 0 Å². The Morgan fingerprint density at radius 2 is 1.82 bits per heavy atom. The Morgan fingerprint density at radius 3 is 2.70 bits per heavy atom. The van der Waals surface area contributed by atoms with Crippen LogP contribution in [0.15, 0.2) is 96.0 Å². The van der Waals surface area contributed by atoms with Crippen LogP contribution in [0, 0.1) is 12.8 Å². The average Bonchev–Trinajstić information content (AvgIpc) is 3.34. The summed E-state index contributed by atoms with van der Waals surface area (Å²) in [4.78, 5) is 4.67. The first-order valence-corrected chi connectivity index (χ1v) is 11.6. The van der Waals surface area contributed by atoms with Gasteiger partial charge < -0.3 is 10.4 Å². The normalized spacial score (nSPS) is 21.2. The SMILES string of the molecule is Cc1ccc2c(c1)[C@@H]1C=CC[C@@H]1[C@H](c1ccc(N=Cc3c(O)ccc4ccccc34)cc1)N2. The number of allylic oxidation sites excluding steroid dienone is 2. The van der Waals surface area contributed by atoms with Crippen LogP contribution in [0.5, 0.6) is 5.75 Å². The Bertz CT molecular complexity index is 1400. The molecule has 0 aromatic heterocycles. The molecule has 0 fully saturated rings. The van der Waals surface area contributed by atoms with E-state index in [9.17, 15) is 5.11 Å². The van der Waals surface area contributed by atoms with Gasteiger partial charge in [-0.15, -0.1) is 0 Å². The monoisotopic (exact) mass is 430 g/mol. The summed E-state index contributed by atoms with van der Waals surface area (Å²) < 4.78 is 0. The topological polar surface area (TPSA) is 44.6 Å². The van der Waals surface area contributed by atoms with E-state index in [4.69, 9.17) is 0 Å². The van der Waals surface area contributed by atoms with Gasteiger partial charge in [-0.25, -0.2) is 0 Å². The number of hydrogen-bond donors (Lipinski definition) is 2. The smallest absolute Gasteiger partial charge is 0.124 e. The third-order valence-corrected chi connectivity index (χ3v) is 7.06. The van der Waals surface area contributed by atoms with Crippen LogP contribution in [-0.2, 0) is 0 Å². The summed E-state index contributed by atoms with van der Waals surface area (Å²) in [5.74, 6) is 1.24. The first-order valence-electron chi connectivity index (χ1n) is 11.6. The van der Waals surface area contributed by atoms with Crippen LogP contribution in [0.3, 0.4) is 0 Å². The van der Waals surface area contributed by atoms with Gasteiger partial charge in [0, 0.05) is 23.4 Å². The largest absolute Gasteiger partial charge is 0.507 e. The molecule has 0 saturated carbocycles. The van der Waals surface area contributed by atoms with Crippen LogP contribution in [0.1, 0.15) is 40.6 Å². The highest BCUT2D eigenvalue weighted by Gasteiger charge is 2.37. The maximum absolute atomic E-state index is 10.4. The number of aliphatic imine (C=N–C) groups is 1. The zero-order chi connectivity index (χ0) is 22.4. The number of nitrogens with one attached hydrogen (secondary N) is 1. The molecule has 1 heterocycles. The Labute approximate surface area is 194 Å². The molecule has 0 saturated heterocycles. The van der Waals surface area contributed by atoms with Crippen molar-refractivity contribution in [3.63, 3.8) is 0 Å². The van der Waals surface area contributed by atoms with Gasteiger partial charge in [0.2, 0.25) is 0 Å². The Balaban J connectivity index is 1.28. The first-order chi connectivity index (χ1) is 16.2. The second-order valence-electron chi connectivity index (χ2n) is 9.14. The summed E-state index contributed by atoms with van der Waals surface area (Å²) in [6.45, 7) is 2.16. The van der Waals surface area contributed by atoms with Gasteiger partial charge in [-0.3, -0.25) is 4.99 Å². The molecular formula is C30H26N2O. The van der Waals surface area contributed by atoms with Gasteiger partial charge in [0.1, 0.15) is 5.75 Å². The fraction of sp³-hybridized carbons (Fsp3) is 0.167. The number of fused-ring (bicyclic) bond motifs is 4. The highest BCUT2D eigenvalue weighted by molar-refractivity contribution is 6.02. The Hall–Kier alpha value is -3.85. The molecule has 4 aromatic rings. The summed E-state index contributed by atoms with van der Waals surface area (Å²) in [5.41, 5.74) is 6.88. The number of phenols is 1. The predicted molar refractivity (Wildman–Crippen MR) is 137 cm³/mol. The van der Waals surface area contributed by atoms with Crippen LogP contribution in [0.25, 0.3) is 10.8 Å². The summed E-state index contributed by atoms with van der Waals surface area (Å²) >= 11 is 0. The van der Waals surface area contributed by atoms with Crippen LogP contribution >= 0.6 is 0 Å². The van der Waals surface area contributed by atoms with Gasteiger partial charge in [-0.1, -0.05) is 72.3 Å². The van der Waals surface area contributed by atoms with Crippen LogP contribution in [-0.4, -0.2) is 11.3 Å². The molecule has 3 nitrogen and oxygen atoms in total. The van der Waals surface area contributed by atoms with Crippen molar-refractivity contribution in [2.24, 2.45) is 10.9 Å². The molecule has 3 heteroatoms. The average molecular weight is 431 g/mol. The van der Waals surface area contributed by atoms with Crippen molar-refractivity contribution in [2.45, 2.75) is 25.3 Å². The van der Waals surface area contributed by atoms with E-state index in [1.165, 1.54) is 22.4 Å². The molecule has 6 rings (SSSR count). The van der Waals surface area contributed by atoms with E-state index in [1.807, 2.05) is 30.3 Å². The number of aryl methyl sites for hydroxylation is 1. The van der Waals surface area contributed by atoms with Gasteiger partial charge in [-0.2, -0.15) is 0 Å². The molecule has 0 unspecified atom stereocenters. The van der Waals surface area contributed by atoms with Gasteiger partial charge in [-0.05, 0) is 65.4 Å². The summed E-state index contributed by atoms with van der Waals surface area (Å²) in [5, 5.41) is 16.3. The van der Waals surface area contributed by atoms with E-state index in [2.05, 4.69) is 71.8 Å². The number of anilines is 1. The van der Waals surface area contributed by atoms with E-state index in [0.717, 1.165) is 28.4 Å². The number of nitrogens with zero attached hydrogens (tertiary/aromatic N) is 1. The van der Waals surface area contributed by atoms with Crippen molar-refractivity contribution >= 4 is 28.4 Å². The third kappa shape index (κ3) is 3.50. The van der Waals surface area contributed by atoms with E-state index in [1.54, 1.807) is 12.3 Å². The fourth-order valence-corrected chi connectivity index (χ4v) is 5.37. The van der Waals surface area contributed by atoms with E-state index < -0.39 is 0 Å². The molecule has 1 aliphatic heterocycles. The minimum absolute atomic E-state index is 0.245. The molecule has 1 aliphatic carbocycles.